The van der Waals surface area contributed by atoms with Crippen LogP contribution in [-0.4, -0.2) is 24.9 Å². The molecule has 5 nitrogen and oxygen atoms in total. The highest BCUT2D eigenvalue weighted by molar-refractivity contribution is 5.91. The van der Waals surface area contributed by atoms with Gasteiger partial charge in [-0.3, -0.25) is 9.59 Å². The number of benzene rings is 2. The number of anilines is 1. The third-order valence-electron chi connectivity index (χ3n) is 3.49. The zero-order valence-electron chi connectivity index (χ0n) is 14.0. The number of hydrogen-bond acceptors (Lipinski definition) is 3. The Morgan fingerprint density at radius 2 is 1.67 bits per heavy atom. The fourth-order valence-electron chi connectivity index (χ4n) is 2.28. The fourth-order valence-corrected chi connectivity index (χ4v) is 2.28. The number of carbonyl (C=O) groups is 2. The molecule has 0 atom stereocenters. The van der Waals surface area contributed by atoms with Gasteiger partial charge in [-0.25, -0.2) is 0 Å². The molecule has 24 heavy (non-hydrogen) atoms. The van der Waals surface area contributed by atoms with E-state index in [1.165, 1.54) is 13.8 Å². The molecule has 0 bridgehead atoms. The molecule has 0 aliphatic rings. The summed E-state index contributed by atoms with van der Waals surface area (Å²) in [5.41, 5.74) is 1.88. The van der Waals surface area contributed by atoms with Crippen molar-refractivity contribution >= 4 is 17.5 Å². The van der Waals surface area contributed by atoms with Crippen molar-refractivity contribution in [2.24, 2.45) is 0 Å². The molecule has 0 aliphatic carbocycles. The van der Waals surface area contributed by atoms with E-state index in [1.807, 2.05) is 54.6 Å². The Labute approximate surface area is 142 Å². The standard InChI is InChI=1S/C19H22N2O3/c1-15(22)20-12-13-21(16(2)23)18-8-10-19(11-9-18)24-14-17-6-4-3-5-7-17/h3-11H,12-14H2,1-2H3,(H,20,22). The maximum absolute atomic E-state index is 11.8. The van der Waals surface area contributed by atoms with Crippen LogP contribution in [-0.2, 0) is 16.2 Å². The Kier molecular flexibility index (Phi) is 6.37. The highest BCUT2D eigenvalue weighted by Crippen LogP contribution is 2.20. The highest BCUT2D eigenvalue weighted by Gasteiger charge is 2.11. The van der Waals surface area contributed by atoms with E-state index in [4.69, 9.17) is 4.74 Å². The van der Waals surface area contributed by atoms with E-state index in [-0.39, 0.29) is 11.8 Å². The van der Waals surface area contributed by atoms with Crippen LogP contribution in [0.2, 0.25) is 0 Å². The van der Waals surface area contributed by atoms with Crippen molar-refractivity contribution in [1.82, 2.24) is 5.32 Å². The molecule has 2 aromatic rings. The zero-order valence-corrected chi connectivity index (χ0v) is 14.0. The first-order valence-corrected chi connectivity index (χ1v) is 7.85. The second-order valence-electron chi connectivity index (χ2n) is 5.42. The summed E-state index contributed by atoms with van der Waals surface area (Å²) < 4.78 is 5.74. The largest absolute Gasteiger partial charge is 0.489 e. The van der Waals surface area contributed by atoms with E-state index in [1.54, 1.807) is 4.90 Å². The van der Waals surface area contributed by atoms with Crippen LogP contribution in [0.15, 0.2) is 54.6 Å². The van der Waals surface area contributed by atoms with Gasteiger partial charge in [-0.1, -0.05) is 30.3 Å². The van der Waals surface area contributed by atoms with Crippen LogP contribution >= 0.6 is 0 Å². The first-order valence-electron chi connectivity index (χ1n) is 7.85. The van der Waals surface area contributed by atoms with Gasteiger partial charge < -0.3 is 15.0 Å². The van der Waals surface area contributed by atoms with E-state index >= 15 is 0 Å². The molecule has 0 fully saturated rings. The van der Waals surface area contributed by atoms with Gasteiger partial charge in [0.15, 0.2) is 0 Å². The topological polar surface area (TPSA) is 58.6 Å². The van der Waals surface area contributed by atoms with Crippen molar-refractivity contribution < 1.29 is 14.3 Å². The summed E-state index contributed by atoms with van der Waals surface area (Å²) >= 11 is 0. The smallest absolute Gasteiger partial charge is 0.223 e. The van der Waals surface area contributed by atoms with E-state index in [2.05, 4.69) is 5.32 Å². The van der Waals surface area contributed by atoms with Gasteiger partial charge in [-0.2, -0.15) is 0 Å². The van der Waals surface area contributed by atoms with Crippen molar-refractivity contribution in [3.8, 4) is 5.75 Å². The number of rotatable bonds is 7. The van der Waals surface area contributed by atoms with Gasteiger partial charge in [0.05, 0.1) is 0 Å². The summed E-state index contributed by atoms with van der Waals surface area (Å²) in [7, 11) is 0. The fraction of sp³-hybridized carbons (Fsp3) is 0.263. The Morgan fingerprint density at radius 3 is 2.25 bits per heavy atom. The molecule has 0 aromatic heterocycles. The van der Waals surface area contributed by atoms with Gasteiger partial charge >= 0.3 is 0 Å². The van der Waals surface area contributed by atoms with Crippen LogP contribution < -0.4 is 15.0 Å². The number of nitrogens with zero attached hydrogens (tertiary/aromatic N) is 1. The molecular weight excluding hydrogens is 304 g/mol. The maximum Gasteiger partial charge on any atom is 0.223 e. The summed E-state index contributed by atoms with van der Waals surface area (Å²) in [6.07, 6.45) is 0. The summed E-state index contributed by atoms with van der Waals surface area (Å²) in [6.45, 7) is 4.31. The lowest BCUT2D eigenvalue weighted by atomic mass is 10.2. The molecule has 0 heterocycles. The average molecular weight is 326 g/mol. The van der Waals surface area contributed by atoms with E-state index in [0.29, 0.717) is 19.7 Å². The molecule has 0 aliphatic heterocycles. The normalized spacial score (nSPS) is 10.1. The van der Waals surface area contributed by atoms with Crippen LogP contribution in [0, 0.1) is 0 Å². The second-order valence-corrected chi connectivity index (χ2v) is 5.42. The van der Waals surface area contributed by atoms with Gasteiger partial charge in [0.1, 0.15) is 12.4 Å². The first-order chi connectivity index (χ1) is 11.6. The van der Waals surface area contributed by atoms with Gasteiger partial charge in [0.25, 0.3) is 0 Å². The predicted molar refractivity (Wildman–Crippen MR) is 93.9 cm³/mol. The molecule has 2 amide bonds. The van der Waals surface area contributed by atoms with Crippen molar-refractivity contribution in [3.63, 3.8) is 0 Å². The molecule has 0 saturated carbocycles. The van der Waals surface area contributed by atoms with E-state index < -0.39 is 0 Å². The summed E-state index contributed by atoms with van der Waals surface area (Å²) in [6, 6.07) is 17.3. The average Bonchev–Trinajstić information content (AvgIpc) is 2.58. The summed E-state index contributed by atoms with van der Waals surface area (Å²) in [5.74, 6) is 0.564. The third-order valence-corrected chi connectivity index (χ3v) is 3.49. The van der Waals surface area contributed by atoms with Gasteiger partial charge in [-0.05, 0) is 29.8 Å². The van der Waals surface area contributed by atoms with Crippen LogP contribution in [0.3, 0.4) is 0 Å². The quantitative estimate of drug-likeness (QED) is 0.851. The number of ether oxygens (including phenoxy) is 1. The molecule has 2 aromatic carbocycles. The Hall–Kier alpha value is -2.82. The molecule has 5 heteroatoms. The lowest BCUT2D eigenvalue weighted by Gasteiger charge is -2.21. The first kappa shape index (κ1) is 17.5. The molecule has 1 N–H and O–H groups in total. The van der Waals surface area contributed by atoms with Crippen molar-refractivity contribution in [2.75, 3.05) is 18.0 Å². The Bertz CT molecular complexity index is 669. The molecule has 2 rings (SSSR count). The minimum absolute atomic E-state index is 0.0710. The molecule has 0 saturated heterocycles. The highest BCUT2D eigenvalue weighted by atomic mass is 16.5. The van der Waals surface area contributed by atoms with Gasteiger partial charge in [-0.15, -0.1) is 0 Å². The zero-order chi connectivity index (χ0) is 17.4. The second kappa shape index (κ2) is 8.72. The SMILES string of the molecule is CC(=O)NCCN(C(C)=O)c1ccc(OCc2ccccc2)cc1. The van der Waals surface area contributed by atoms with E-state index in [0.717, 1.165) is 17.0 Å². The van der Waals surface area contributed by atoms with Crippen LogP contribution in [0.25, 0.3) is 0 Å². The minimum atomic E-state index is -0.108. The monoisotopic (exact) mass is 326 g/mol. The van der Waals surface area contributed by atoms with Crippen LogP contribution in [0.4, 0.5) is 5.69 Å². The van der Waals surface area contributed by atoms with Crippen molar-refractivity contribution in [1.29, 1.82) is 0 Å². The number of nitrogens with one attached hydrogen (secondary N) is 1. The van der Waals surface area contributed by atoms with Crippen molar-refractivity contribution in [2.45, 2.75) is 20.5 Å². The Balaban J connectivity index is 1.95. The van der Waals surface area contributed by atoms with Gasteiger partial charge in [0.2, 0.25) is 11.8 Å². The molecule has 0 unspecified atom stereocenters. The number of hydrogen-bond donors (Lipinski definition) is 1. The lowest BCUT2D eigenvalue weighted by Crippen LogP contribution is -2.36. The molecule has 126 valence electrons. The van der Waals surface area contributed by atoms with Gasteiger partial charge in [0, 0.05) is 32.6 Å². The van der Waals surface area contributed by atoms with Crippen LogP contribution in [0.5, 0.6) is 5.75 Å². The molecule has 0 spiro atoms. The number of amides is 2. The molecule has 0 radical (unpaired) electrons. The Morgan fingerprint density at radius 1 is 1.00 bits per heavy atom. The summed E-state index contributed by atoms with van der Waals surface area (Å²) in [4.78, 5) is 24.4. The van der Waals surface area contributed by atoms with E-state index in [9.17, 15) is 9.59 Å². The lowest BCUT2D eigenvalue weighted by molar-refractivity contribution is -0.119. The summed E-state index contributed by atoms with van der Waals surface area (Å²) in [5, 5.41) is 2.69. The minimum Gasteiger partial charge on any atom is -0.489 e. The van der Waals surface area contributed by atoms with Crippen molar-refractivity contribution in [3.05, 3.63) is 60.2 Å². The third kappa shape index (κ3) is 5.43. The number of carbonyl (C=O) groups excluding carboxylic acids is 2. The molecular formula is C19H22N2O3. The predicted octanol–water partition coefficient (Wildman–Crippen LogP) is 2.75. The maximum atomic E-state index is 11.8. The van der Waals surface area contributed by atoms with Crippen LogP contribution in [0.1, 0.15) is 19.4 Å².